The Kier molecular flexibility index (Phi) is 4.60. The van der Waals surface area contributed by atoms with E-state index in [1.165, 1.54) is 0 Å². The fourth-order valence-corrected chi connectivity index (χ4v) is 3.13. The Morgan fingerprint density at radius 2 is 2.11 bits per heavy atom. The van der Waals surface area contributed by atoms with E-state index in [2.05, 4.69) is 20.1 Å². The Labute approximate surface area is 161 Å². The predicted molar refractivity (Wildman–Crippen MR) is 103 cm³/mol. The molecule has 0 radical (unpaired) electrons. The molecule has 0 saturated carbocycles. The number of pyridine rings is 2. The molecule has 8 nitrogen and oxygen atoms in total. The van der Waals surface area contributed by atoms with Crippen LogP contribution in [0.2, 0.25) is 0 Å². The Morgan fingerprint density at radius 3 is 2.82 bits per heavy atom. The second kappa shape index (κ2) is 7.22. The smallest absolute Gasteiger partial charge is 0.255 e. The monoisotopic (exact) mass is 376 g/mol. The third kappa shape index (κ3) is 3.36. The second-order valence-electron chi connectivity index (χ2n) is 6.76. The summed E-state index contributed by atoms with van der Waals surface area (Å²) in [6, 6.07) is 5.67. The van der Waals surface area contributed by atoms with Crippen molar-refractivity contribution in [1.82, 2.24) is 29.6 Å². The molecule has 0 spiro atoms. The number of fused-ring (bicyclic) bond motifs is 1. The van der Waals surface area contributed by atoms with Crippen LogP contribution in [0.15, 0.2) is 47.6 Å². The van der Waals surface area contributed by atoms with E-state index in [-0.39, 0.29) is 5.91 Å². The van der Waals surface area contributed by atoms with Gasteiger partial charge in [0.1, 0.15) is 11.3 Å². The molecule has 0 saturated heterocycles. The third-order valence-electron chi connectivity index (χ3n) is 4.70. The number of aromatic nitrogens is 5. The topological polar surface area (TPSA) is 89.9 Å². The number of imidazole rings is 1. The minimum Gasteiger partial charge on any atom is -0.361 e. The number of aryl methyl sites for hydroxylation is 2. The second-order valence-corrected chi connectivity index (χ2v) is 6.76. The van der Waals surface area contributed by atoms with Gasteiger partial charge in [0.15, 0.2) is 5.65 Å². The van der Waals surface area contributed by atoms with Crippen LogP contribution in [0.4, 0.5) is 0 Å². The van der Waals surface area contributed by atoms with Crippen LogP contribution in [0.5, 0.6) is 0 Å². The van der Waals surface area contributed by atoms with Crippen molar-refractivity contribution in [2.45, 2.75) is 26.9 Å². The van der Waals surface area contributed by atoms with E-state index in [1.807, 2.05) is 36.7 Å². The van der Waals surface area contributed by atoms with Crippen LogP contribution in [0.25, 0.3) is 11.2 Å². The van der Waals surface area contributed by atoms with E-state index in [9.17, 15) is 4.79 Å². The van der Waals surface area contributed by atoms with Crippen LogP contribution in [0.1, 0.15) is 32.9 Å². The maximum atomic E-state index is 12.8. The van der Waals surface area contributed by atoms with Crippen molar-refractivity contribution >= 4 is 17.1 Å². The number of nitrogens with zero attached hydrogens (tertiary/aromatic N) is 6. The molecule has 1 amide bonds. The largest absolute Gasteiger partial charge is 0.361 e. The average Bonchev–Trinajstić information content (AvgIpc) is 3.25. The van der Waals surface area contributed by atoms with Gasteiger partial charge in [0.2, 0.25) is 0 Å². The van der Waals surface area contributed by atoms with Crippen LogP contribution < -0.4 is 0 Å². The van der Waals surface area contributed by atoms with Gasteiger partial charge >= 0.3 is 0 Å². The summed E-state index contributed by atoms with van der Waals surface area (Å²) >= 11 is 0. The van der Waals surface area contributed by atoms with E-state index in [1.54, 1.807) is 36.7 Å². The van der Waals surface area contributed by atoms with Crippen molar-refractivity contribution in [1.29, 1.82) is 0 Å². The van der Waals surface area contributed by atoms with Crippen molar-refractivity contribution in [3.05, 3.63) is 71.3 Å². The summed E-state index contributed by atoms with van der Waals surface area (Å²) in [7, 11) is 1.75. The third-order valence-corrected chi connectivity index (χ3v) is 4.70. The number of carbonyl (C=O) groups is 1. The standard InChI is InChI=1S/C20H20N6O2/c1-13-17(14(2)28-24-13)11-25(3)20(27)16-7-18-19(22-9-16)26(12-23-18)10-15-5-4-6-21-8-15/h4-9,12H,10-11H2,1-3H3. The van der Waals surface area contributed by atoms with Crippen molar-refractivity contribution in [3.8, 4) is 0 Å². The summed E-state index contributed by atoms with van der Waals surface area (Å²) in [6.45, 7) is 4.76. The van der Waals surface area contributed by atoms with Crippen LogP contribution in [-0.2, 0) is 13.1 Å². The molecule has 0 aromatic carbocycles. The molecule has 0 unspecified atom stereocenters. The van der Waals surface area contributed by atoms with Gasteiger partial charge in [-0.2, -0.15) is 0 Å². The molecule has 0 aliphatic heterocycles. The highest BCUT2D eigenvalue weighted by molar-refractivity contribution is 5.96. The van der Waals surface area contributed by atoms with Crippen LogP contribution in [0.3, 0.4) is 0 Å². The SMILES string of the molecule is Cc1noc(C)c1CN(C)C(=O)c1cnc2c(c1)ncn2Cc1cccnc1. The van der Waals surface area contributed by atoms with Crippen LogP contribution in [-0.4, -0.2) is 42.5 Å². The summed E-state index contributed by atoms with van der Waals surface area (Å²) in [5, 5.41) is 3.94. The van der Waals surface area contributed by atoms with Crippen molar-refractivity contribution in [3.63, 3.8) is 0 Å². The summed E-state index contributed by atoms with van der Waals surface area (Å²) in [5.41, 5.74) is 4.68. The molecule has 4 aromatic heterocycles. The van der Waals surface area contributed by atoms with E-state index in [0.717, 1.165) is 28.2 Å². The molecule has 142 valence electrons. The van der Waals surface area contributed by atoms with Gasteiger partial charge in [-0.1, -0.05) is 11.2 Å². The Bertz CT molecular complexity index is 1110. The number of carbonyl (C=O) groups excluding carboxylic acids is 1. The maximum Gasteiger partial charge on any atom is 0.255 e. The van der Waals surface area contributed by atoms with E-state index < -0.39 is 0 Å². The Balaban J connectivity index is 1.55. The molecule has 0 fully saturated rings. The lowest BCUT2D eigenvalue weighted by molar-refractivity contribution is 0.0784. The van der Waals surface area contributed by atoms with Gasteiger partial charge in [0.05, 0.1) is 30.7 Å². The number of rotatable bonds is 5. The minimum absolute atomic E-state index is 0.129. The molecule has 0 bridgehead atoms. The molecule has 4 rings (SSSR count). The number of amides is 1. The van der Waals surface area contributed by atoms with Gasteiger partial charge in [-0.25, -0.2) is 9.97 Å². The molecule has 0 atom stereocenters. The van der Waals surface area contributed by atoms with Gasteiger partial charge in [0, 0.05) is 31.2 Å². The molecule has 0 aliphatic rings. The predicted octanol–water partition coefficient (Wildman–Crippen LogP) is 2.75. The quantitative estimate of drug-likeness (QED) is 0.532. The first kappa shape index (κ1) is 17.8. The van der Waals surface area contributed by atoms with Gasteiger partial charge < -0.3 is 14.0 Å². The molecule has 4 aromatic rings. The van der Waals surface area contributed by atoms with Gasteiger partial charge in [-0.05, 0) is 31.5 Å². The first-order valence-electron chi connectivity index (χ1n) is 8.90. The minimum atomic E-state index is -0.129. The average molecular weight is 376 g/mol. The summed E-state index contributed by atoms with van der Waals surface area (Å²) in [5.74, 6) is 0.594. The normalized spacial score (nSPS) is 11.1. The number of hydrogen-bond acceptors (Lipinski definition) is 6. The zero-order chi connectivity index (χ0) is 19.7. The molecule has 8 heteroatoms. The number of hydrogen-bond donors (Lipinski definition) is 0. The lowest BCUT2D eigenvalue weighted by atomic mass is 10.1. The molecule has 0 aliphatic carbocycles. The van der Waals surface area contributed by atoms with Gasteiger partial charge in [-0.3, -0.25) is 9.78 Å². The fraction of sp³-hybridized carbons (Fsp3) is 0.250. The van der Waals surface area contributed by atoms with Gasteiger partial charge in [-0.15, -0.1) is 0 Å². The molecular weight excluding hydrogens is 356 g/mol. The first-order valence-corrected chi connectivity index (χ1v) is 8.90. The van der Waals surface area contributed by atoms with E-state index >= 15 is 0 Å². The van der Waals surface area contributed by atoms with Crippen LogP contribution >= 0.6 is 0 Å². The highest BCUT2D eigenvalue weighted by Crippen LogP contribution is 2.18. The van der Waals surface area contributed by atoms with Crippen LogP contribution in [0, 0.1) is 13.8 Å². The zero-order valence-electron chi connectivity index (χ0n) is 16.0. The lowest BCUT2D eigenvalue weighted by Gasteiger charge is -2.17. The summed E-state index contributed by atoms with van der Waals surface area (Å²) < 4.78 is 7.11. The zero-order valence-corrected chi connectivity index (χ0v) is 16.0. The highest BCUT2D eigenvalue weighted by Gasteiger charge is 2.18. The lowest BCUT2D eigenvalue weighted by Crippen LogP contribution is -2.26. The Hall–Kier alpha value is -3.55. The first-order chi connectivity index (χ1) is 13.5. The molecular formula is C20H20N6O2. The van der Waals surface area contributed by atoms with E-state index in [0.29, 0.717) is 24.2 Å². The fourth-order valence-electron chi connectivity index (χ4n) is 3.13. The van der Waals surface area contributed by atoms with Crippen molar-refractivity contribution < 1.29 is 9.32 Å². The highest BCUT2D eigenvalue weighted by atomic mass is 16.5. The molecule has 28 heavy (non-hydrogen) atoms. The van der Waals surface area contributed by atoms with Crippen molar-refractivity contribution in [2.75, 3.05) is 7.05 Å². The van der Waals surface area contributed by atoms with E-state index in [4.69, 9.17) is 4.52 Å². The molecule has 4 heterocycles. The summed E-state index contributed by atoms with van der Waals surface area (Å²) in [4.78, 5) is 27.5. The maximum absolute atomic E-state index is 12.8. The van der Waals surface area contributed by atoms with Gasteiger partial charge in [0.25, 0.3) is 5.91 Å². The summed E-state index contributed by atoms with van der Waals surface area (Å²) in [6.07, 6.45) is 6.88. The molecule has 0 N–H and O–H groups in total. The van der Waals surface area contributed by atoms with Crippen molar-refractivity contribution in [2.24, 2.45) is 0 Å². The Morgan fingerprint density at radius 1 is 1.25 bits per heavy atom.